The number of morpholine rings is 1. The summed E-state index contributed by atoms with van der Waals surface area (Å²) in [5, 5.41) is 1.07. The maximum atomic E-state index is 12.7. The van der Waals surface area contributed by atoms with E-state index < -0.39 is 0 Å². The Bertz CT molecular complexity index is 962. The summed E-state index contributed by atoms with van der Waals surface area (Å²) in [6, 6.07) is 0. The first-order chi connectivity index (χ1) is 14.3. The average Bonchev–Trinajstić information content (AvgIpc) is 3.24. The van der Waals surface area contributed by atoms with Crippen LogP contribution >= 0.6 is 11.3 Å². The molecule has 0 atom stereocenters. The fourth-order valence-corrected chi connectivity index (χ4v) is 5.14. The number of aromatic nitrogens is 3. The smallest absolute Gasteiger partial charge is 0.255 e. The van der Waals surface area contributed by atoms with E-state index in [-0.39, 0.29) is 5.56 Å². The van der Waals surface area contributed by atoms with Gasteiger partial charge < -0.3 is 14.6 Å². The van der Waals surface area contributed by atoms with Gasteiger partial charge in [-0.2, -0.15) is 0 Å². The van der Waals surface area contributed by atoms with Gasteiger partial charge in [0.05, 0.1) is 30.2 Å². The molecule has 2 aromatic rings. The second-order valence-electron chi connectivity index (χ2n) is 7.79. The molecule has 0 aromatic carbocycles. The van der Waals surface area contributed by atoms with Gasteiger partial charge in [-0.1, -0.05) is 0 Å². The SMILES string of the molecule is O=c1[nH]c(C2=NCCCC2)nc2c1CN(Cc1cnc(N3CCOCC3)s1)CC2. The van der Waals surface area contributed by atoms with Gasteiger partial charge in [0.2, 0.25) is 0 Å². The van der Waals surface area contributed by atoms with E-state index in [4.69, 9.17) is 9.72 Å². The molecule has 0 unspecified atom stereocenters. The van der Waals surface area contributed by atoms with Crippen molar-refractivity contribution in [2.45, 2.75) is 38.8 Å². The van der Waals surface area contributed by atoms with Crippen LogP contribution in [0.2, 0.25) is 0 Å². The van der Waals surface area contributed by atoms with Gasteiger partial charge in [-0.15, -0.1) is 11.3 Å². The van der Waals surface area contributed by atoms with Crippen LogP contribution < -0.4 is 10.5 Å². The van der Waals surface area contributed by atoms with Gasteiger partial charge in [-0.25, -0.2) is 9.97 Å². The number of nitrogens with one attached hydrogen (secondary N) is 1. The number of aromatic amines is 1. The molecule has 0 spiro atoms. The lowest BCUT2D eigenvalue weighted by atomic mass is 10.1. The quantitative estimate of drug-likeness (QED) is 0.818. The molecule has 9 heteroatoms. The van der Waals surface area contributed by atoms with Crippen LogP contribution in [0.25, 0.3) is 0 Å². The number of anilines is 1. The summed E-state index contributed by atoms with van der Waals surface area (Å²) in [6.07, 6.45) is 5.92. The molecular weight excluding hydrogens is 388 g/mol. The van der Waals surface area contributed by atoms with E-state index in [2.05, 4.69) is 24.8 Å². The summed E-state index contributed by atoms with van der Waals surface area (Å²) < 4.78 is 5.42. The molecule has 8 nitrogen and oxygen atoms in total. The lowest BCUT2D eigenvalue weighted by Crippen LogP contribution is -2.36. The van der Waals surface area contributed by atoms with Gasteiger partial charge >= 0.3 is 0 Å². The van der Waals surface area contributed by atoms with Crippen molar-refractivity contribution in [3.8, 4) is 0 Å². The molecular formula is C20H26N6O2S. The normalized spacial score (nSPS) is 20.4. The Morgan fingerprint density at radius 3 is 2.90 bits per heavy atom. The minimum atomic E-state index is -0.0127. The standard InChI is InChI=1S/C20H26N6O2S/c27-19-15-13-25(12-14-11-22-20(29-14)26-7-9-28-10-8-26)6-4-16(15)23-18(24-19)17-3-1-2-5-21-17/h11H,1-10,12-13H2,(H,23,24,27). The van der Waals surface area contributed by atoms with Gasteiger partial charge in [0, 0.05) is 56.8 Å². The highest BCUT2D eigenvalue weighted by atomic mass is 32.1. The molecule has 1 saturated heterocycles. The van der Waals surface area contributed by atoms with Crippen LogP contribution in [0.1, 0.15) is 41.2 Å². The molecule has 0 bridgehead atoms. The summed E-state index contributed by atoms with van der Waals surface area (Å²) >= 11 is 1.74. The molecule has 154 valence electrons. The molecule has 3 aliphatic heterocycles. The lowest BCUT2D eigenvalue weighted by Gasteiger charge is -2.27. The zero-order valence-corrected chi connectivity index (χ0v) is 17.3. The van der Waals surface area contributed by atoms with Gasteiger partial charge in [-0.3, -0.25) is 14.7 Å². The fraction of sp³-hybridized carbons (Fsp3) is 0.600. The van der Waals surface area contributed by atoms with Crippen molar-refractivity contribution in [3.63, 3.8) is 0 Å². The summed E-state index contributed by atoms with van der Waals surface area (Å²) in [4.78, 5) is 35.5. The topological polar surface area (TPSA) is 86.7 Å². The molecule has 1 fully saturated rings. The maximum Gasteiger partial charge on any atom is 0.255 e. The van der Waals surface area contributed by atoms with Gasteiger partial charge in [-0.05, 0) is 19.3 Å². The highest BCUT2D eigenvalue weighted by Crippen LogP contribution is 2.26. The highest BCUT2D eigenvalue weighted by molar-refractivity contribution is 7.15. The van der Waals surface area contributed by atoms with Crippen molar-refractivity contribution in [1.29, 1.82) is 0 Å². The summed E-state index contributed by atoms with van der Waals surface area (Å²) in [6.45, 7) is 6.53. The zero-order valence-electron chi connectivity index (χ0n) is 16.5. The van der Waals surface area contributed by atoms with E-state index in [1.165, 1.54) is 4.88 Å². The van der Waals surface area contributed by atoms with Gasteiger partial charge in [0.25, 0.3) is 5.56 Å². The molecule has 5 heterocycles. The minimum absolute atomic E-state index is 0.0127. The van der Waals surface area contributed by atoms with E-state index in [1.807, 2.05) is 6.20 Å². The van der Waals surface area contributed by atoms with Crippen molar-refractivity contribution in [1.82, 2.24) is 19.9 Å². The Labute approximate surface area is 173 Å². The number of thiazole rings is 1. The molecule has 0 radical (unpaired) electrons. The zero-order chi connectivity index (χ0) is 19.6. The van der Waals surface area contributed by atoms with Gasteiger partial charge in [0.1, 0.15) is 0 Å². The predicted molar refractivity (Wildman–Crippen MR) is 113 cm³/mol. The van der Waals surface area contributed by atoms with E-state index in [0.717, 1.165) is 93.7 Å². The largest absolute Gasteiger partial charge is 0.378 e. The Hall–Kier alpha value is -2.10. The first-order valence-electron chi connectivity index (χ1n) is 10.4. The number of aliphatic imine (C=N–C) groups is 1. The van der Waals surface area contributed by atoms with E-state index >= 15 is 0 Å². The molecule has 0 saturated carbocycles. The molecule has 29 heavy (non-hydrogen) atoms. The molecule has 2 aromatic heterocycles. The molecule has 0 amide bonds. The third-order valence-corrected chi connectivity index (χ3v) is 6.79. The monoisotopic (exact) mass is 414 g/mol. The van der Waals surface area contributed by atoms with E-state index in [0.29, 0.717) is 12.4 Å². The lowest BCUT2D eigenvalue weighted by molar-refractivity contribution is 0.122. The second kappa shape index (κ2) is 8.33. The number of rotatable bonds is 4. The third-order valence-electron chi connectivity index (χ3n) is 5.75. The Kier molecular flexibility index (Phi) is 5.43. The number of fused-ring (bicyclic) bond motifs is 1. The number of nitrogens with zero attached hydrogens (tertiary/aromatic N) is 5. The number of ether oxygens (including phenoxy) is 1. The van der Waals surface area contributed by atoms with Crippen molar-refractivity contribution >= 4 is 22.2 Å². The fourth-order valence-electron chi connectivity index (χ4n) is 4.13. The number of H-pyrrole nitrogens is 1. The van der Waals surface area contributed by atoms with Crippen LogP contribution in [0, 0.1) is 0 Å². The van der Waals surface area contributed by atoms with Crippen LogP contribution in [-0.4, -0.2) is 65.0 Å². The number of hydrogen-bond acceptors (Lipinski definition) is 8. The predicted octanol–water partition coefficient (Wildman–Crippen LogP) is 1.59. The third kappa shape index (κ3) is 4.12. The van der Waals surface area contributed by atoms with Crippen LogP contribution in [0.4, 0.5) is 5.13 Å². The molecule has 3 aliphatic rings. The molecule has 1 N–H and O–H groups in total. The number of hydrogen-bond donors (Lipinski definition) is 1. The van der Waals surface area contributed by atoms with Crippen LogP contribution in [0.15, 0.2) is 16.0 Å². The molecule has 0 aliphatic carbocycles. The van der Waals surface area contributed by atoms with Crippen LogP contribution in [-0.2, 0) is 24.2 Å². The van der Waals surface area contributed by atoms with Crippen molar-refractivity contribution < 1.29 is 4.74 Å². The van der Waals surface area contributed by atoms with Crippen molar-refractivity contribution in [3.05, 3.63) is 38.5 Å². The molecule has 5 rings (SSSR count). The summed E-state index contributed by atoms with van der Waals surface area (Å²) in [5.74, 6) is 0.680. The first-order valence-corrected chi connectivity index (χ1v) is 11.2. The second-order valence-corrected chi connectivity index (χ2v) is 8.89. The Morgan fingerprint density at radius 2 is 2.07 bits per heavy atom. The van der Waals surface area contributed by atoms with Crippen LogP contribution in [0.5, 0.6) is 0 Å². The maximum absolute atomic E-state index is 12.7. The minimum Gasteiger partial charge on any atom is -0.378 e. The average molecular weight is 415 g/mol. The van der Waals surface area contributed by atoms with E-state index in [1.54, 1.807) is 11.3 Å². The first kappa shape index (κ1) is 18.9. The summed E-state index contributed by atoms with van der Waals surface area (Å²) in [5.41, 5.74) is 2.68. The van der Waals surface area contributed by atoms with Crippen LogP contribution in [0.3, 0.4) is 0 Å². The van der Waals surface area contributed by atoms with Crippen molar-refractivity contribution in [2.75, 3.05) is 44.3 Å². The van der Waals surface area contributed by atoms with Crippen molar-refractivity contribution in [2.24, 2.45) is 4.99 Å². The van der Waals surface area contributed by atoms with Gasteiger partial charge in [0.15, 0.2) is 11.0 Å². The van der Waals surface area contributed by atoms with E-state index in [9.17, 15) is 4.79 Å². The Morgan fingerprint density at radius 1 is 1.17 bits per heavy atom. The summed E-state index contributed by atoms with van der Waals surface area (Å²) in [7, 11) is 0. The highest BCUT2D eigenvalue weighted by Gasteiger charge is 2.23. The Balaban J connectivity index is 1.28.